The standard InChI is InChI=1S/C15H15N3O3/c1-20-9-5-6-10(12(8-9)21-2)14-17-13-11(15(19)18-14)4-3-7-16-13/h3-8,14H,1-2H3,(H,16,17)(H,18,19). The highest BCUT2D eigenvalue weighted by atomic mass is 16.5. The van der Waals surface area contributed by atoms with Crippen LogP contribution in [0.15, 0.2) is 36.5 Å². The third kappa shape index (κ3) is 2.35. The van der Waals surface area contributed by atoms with Gasteiger partial charge in [-0.05, 0) is 24.3 Å². The Hall–Kier alpha value is -2.76. The minimum absolute atomic E-state index is 0.167. The number of amides is 1. The minimum atomic E-state index is -0.402. The number of methoxy groups -OCH3 is 2. The van der Waals surface area contributed by atoms with Gasteiger partial charge in [0.25, 0.3) is 5.91 Å². The zero-order valence-corrected chi connectivity index (χ0v) is 11.7. The Morgan fingerprint density at radius 2 is 2.00 bits per heavy atom. The van der Waals surface area contributed by atoms with E-state index in [1.54, 1.807) is 38.6 Å². The van der Waals surface area contributed by atoms with Gasteiger partial charge in [0.15, 0.2) is 0 Å². The molecular weight excluding hydrogens is 270 g/mol. The molecule has 1 aromatic carbocycles. The molecule has 0 saturated heterocycles. The number of hydrogen-bond donors (Lipinski definition) is 2. The first-order valence-corrected chi connectivity index (χ1v) is 6.47. The molecular formula is C15H15N3O3. The second-order valence-corrected chi connectivity index (χ2v) is 4.56. The normalized spacial score (nSPS) is 16.5. The van der Waals surface area contributed by atoms with Crippen LogP contribution in [0.5, 0.6) is 11.5 Å². The molecule has 1 amide bonds. The molecule has 108 valence electrons. The molecule has 0 radical (unpaired) electrons. The predicted molar refractivity (Wildman–Crippen MR) is 77.6 cm³/mol. The summed E-state index contributed by atoms with van der Waals surface area (Å²) in [7, 11) is 3.17. The fourth-order valence-electron chi connectivity index (χ4n) is 2.30. The van der Waals surface area contributed by atoms with E-state index in [1.165, 1.54) is 0 Å². The van der Waals surface area contributed by atoms with Crippen LogP contribution in [0.3, 0.4) is 0 Å². The zero-order valence-electron chi connectivity index (χ0n) is 11.7. The van der Waals surface area contributed by atoms with E-state index in [0.29, 0.717) is 22.9 Å². The molecule has 0 bridgehead atoms. The number of ether oxygens (including phenoxy) is 2. The van der Waals surface area contributed by atoms with E-state index in [2.05, 4.69) is 15.6 Å². The summed E-state index contributed by atoms with van der Waals surface area (Å²) in [6.07, 6.45) is 1.24. The van der Waals surface area contributed by atoms with E-state index < -0.39 is 6.17 Å². The summed E-state index contributed by atoms with van der Waals surface area (Å²) in [5.74, 6) is 1.71. The van der Waals surface area contributed by atoms with Gasteiger partial charge in [-0.3, -0.25) is 4.79 Å². The van der Waals surface area contributed by atoms with Gasteiger partial charge in [-0.15, -0.1) is 0 Å². The summed E-state index contributed by atoms with van der Waals surface area (Å²) in [6, 6.07) is 8.90. The van der Waals surface area contributed by atoms with Gasteiger partial charge in [0.1, 0.15) is 23.5 Å². The molecule has 0 saturated carbocycles. The first-order chi connectivity index (χ1) is 10.2. The summed E-state index contributed by atoms with van der Waals surface area (Å²) >= 11 is 0. The van der Waals surface area contributed by atoms with Gasteiger partial charge in [-0.2, -0.15) is 0 Å². The Kier molecular flexibility index (Phi) is 3.35. The average Bonchev–Trinajstić information content (AvgIpc) is 2.54. The molecule has 1 aromatic heterocycles. The lowest BCUT2D eigenvalue weighted by molar-refractivity contribution is 0.0934. The summed E-state index contributed by atoms with van der Waals surface area (Å²) < 4.78 is 10.5. The molecule has 2 N–H and O–H groups in total. The molecule has 0 fully saturated rings. The van der Waals surface area contributed by atoms with Crippen molar-refractivity contribution in [1.29, 1.82) is 0 Å². The van der Waals surface area contributed by atoms with Gasteiger partial charge < -0.3 is 20.1 Å². The number of fused-ring (bicyclic) bond motifs is 1. The highest BCUT2D eigenvalue weighted by Gasteiger charge is 2.27. The molecule has 6 nitrogen and oxygen atoms in total. The quantitative estimate of drug-likeness (QED) is 0.902. The lowest BCUT2D eigenvalue weighted by atomic mass is 10.1. The van der Waals surface area contributed by atoms with E-state index in [9.17, 15) is 4.79 Å². The fourth-order valence-corrected chi connectivity index (χ4v) is 2.30. The van der Waals surface area contributed by atoms with Crippen LogP contribution in [0.25, 0.3) is 0 Å². The van der Waals surface area contributed by atoms with Crippen molar-refractivity contribution in [3.63, 3.8) is 0 Å². The fraction of sp³-hybridized carbons (Fsp3) is 0.200. The topological polar surface area (TPSA) is 72.5 Å². The number of anilines is 1. The number of nitrogens with zero attached hydrogens (tertiary/aromatic N) is 1. The molecule has 2 heterocycles. The van der Waals surface area contributed by atoms with Gasteiger partial charge in [-0.25, -0.2) is 4.98 Å². The van der Waals surface area contributed by atoms with Crippen LogP contribution in [0.2, 0.25) is 0 Å². The van der Waals surface area contributed by atoms with Gasteiger partial charge in [0.2, 0.25) is 0 Å². The van der Waals surface area contributed by atoms with Crippen molar-refractivity contribution in [3.8, 4) is 11.5 Å². The SMILES string of the molecule is COc1ccc(C2NC(=O)c3cccnc3N2)c(OC)c1. The van der Waals surface area contributed by atoms with Crippen molar-refractivity contribution in [3.05, 3.63) is 47.7 Å². The average molecular weight is 285 g/mol. The van der Waals surface area contributed by atoms with Crippen molar-refractivity contribution in [2.45, 2.75) is 6.17 Å². The number of hydrogen-bond acceptors (Lipinski definition) is 5. The Morgan fingerprint density at radius 1 is 1.14 bits per heavy atom. The highest BCUT2D eigenvalue weighted by molar-refractivity contribution is 6.00. The maximum atomic E-state index is 12.1. The molecule has 1 aliphatic rings. The van der Waals surface area contributed by atoms with Crippen molar-refractivity contribution in [2.75, 3.05) is 19.5 Å². The molecule has 21 heavy (non-hydrogen) atoms. The van der Waals surface area contributed by atoms with Crippen LogP contribution in [-0.2, 0) is 0 Å². The largest absolute Gasteiger partial charge is 0.497 e. The molecule has 0 aliphatic carbocycles. The summed E-state index contributed by atoms with van der Waals surface area (Å²) in [5.41, 5.74) is 1.34. The van der Waals surface area contributed by atoms with Gasteiger partial charge in [0.05, 0.1) is 19.8 Å². The van der Waals surface area contributed by atoms with E-state index in [-0.39, 0.29) is 5.91 Å². The van der Waals surface area contributed by atoms with Crippen LogP contribution in [0, 0.1) is 0 Å². The predicted octanol–water partition coefficient (Wildman–Crippen LogP) is 1.95. The van der Waals surface area contributed by atoms with Crippen LogP contribution >= 0.6 is 0 Å². The van der Waals surface area contributed by atoms with Gasteiger partial charge >= 0.3 is 0 Å². The molecule has 1 unspecified atom stereocenters. The number of pyridine rings is 1. The molecule has 1 aliphatic heterocycles. The van der Waals surface area contributed by atoms with Crippen molar-refractivity contribution in [2.24, 2.45) is 0 Å². The van der Waals surface area contributed by atoms with E-state index in [1.807, 2.05) is 12.1 Å². The first-order valence-electron chi connectivity index (χ1n) is 6.47. The Balaban J connectivity index is 1.98. The summed E-state index contributed by atoms with van der Waals surface area (Å²) in [5, 5.41) is 6.08. The number of benzene rings is 1. The second-order valence-electron chi connectivity index (χ2n) is 4.56. The first kappa shape index (κ1) is 13.2. The monoisotopic (exact) mass is 285 g/mol. The molecule has 1 atom stereocenters. The Labute approximate surface area is 122 Å². The third-order valence-corrected chi connectivity index (χ3v) is 3.36. The van der Waals surface area contributed by atoms with Gasteiger partial charge in [-0.1, -0.05) is 0 Å². The third-order valence-electron chi connectivity index (χ3n) is 3.36. The zero-order chi connectivity index (χ0) is 14.8. The Morgan fingerprint density at radius 3 is 2.76 bits per heavy atom. The van der Waals surface area contributed by atoms with Crippen molar-refractivity contribution < 1.29 is 14.3 Å². The minimum Gasteiger partial charge on any atom is -0.497 e. The van der Waals surface area contributed by atoms with E-state index in [0.717, 1.165) is 5.56 Å². The maximum Gasteiger partial charge on any atom is 0.256 e. The van der Waals surface area contributed by atoms with Crippen molar-refractivity contribution >= 4 is 11.7 Å². The molecule has 3 rings (SSSR count). The van der Waals surface area contributed by atoms with Crippen LogP contribution in [0.1, 0.15) is 22.1 Å². The summed E-state index contributed by atoms with van der Waals surface area (Å²) in [4.78, 5) is 16.3. The van der Waals surface area contributed by atoms with Crippen molar-refractivity contribution in [1.82, 2.24) is 10.3 Å². The molecule has 6 heteroatoms. The number of carbonyl (C=O) groups excluding carboxylic acids is 1. The smallest absolute Gasteiger partial charge is 0.256 e. The van der Waals surface area contributed by atoms with Crippen LogP contribution in [-0.4, -0.2) is 25.1 Å². The van der Waals surface area contributed by atoms with E-state index in [4.69, 9.17) is 9.47 Å². The number of carbonyl (C=O) groups is 1. The lowest BCUT2D eigenvalue weighted by Gasteiger charge is -2.28. The molecule has 0 spiro atoms. The van der Waals surface area contributed by atoms with Gasteiger partial charge in [0, 0.05) is 17.8 Å². The van der Waals surface area contributed by atoms with Crippen LogP contribution in [0.4, 0.5) is 5.82 Å². The summed E-state index contributed by atoms with van der Waals surface area (Å²) in [6.45, 7) is 0. The number of rotatable bonds is 3. The maximum absolute atomic E-state index is 12.1. The Bertz CT molecular complexity index is 688. The second kappa shape index (κ2) is 5.32. The van der Waals surface area contributed by atoms with E-state index >= 15 is 0 Å². The lowest BCUT2D eigenvalue weighted by Crippen LogP contribution is -2.39. The molecule has 2 aromatic rings. The number of aromatic nitrogens is 1. The highest BCUT2D eigenvalue weighted by Crippen LogP contribution is 2.32. The van der Waals surface area contributed by atoms with Crippen LogP contribution < -0.4 is 20.1 Å². The number of nitrogens with one attached hydrogen (secondary N) is 2.